The molecule has 0 fully saturated rings. The molecule has 3 heterocycles. The number of amides is 1. The molecule has 1 aliphatic heterocycles. The number of carbonyl (C=O) groups is 2. The minimum atomic E-state index is -0.821. The number of benzene rings is 3. The Morgan fingerprint density at radius 3 is 2.32 bits per heavy atom. The second-order valence-corrected chi connectivity index (χ2v) is 9.20. The number of hydrazone groups is 1. The zero-order chi connectivity index (χ0) is 28.2. The molecule has 5 aromatic rings. The molecule has 0 saturated carbocycles. The van der Waals surface area contributed by atoms with E-state index in [-0.39, 0.29) is 5.82 Å². The van der Waals surface area contributed by atoms with Crippen molar-refractivity contribution >= 4 is 17.6 Å². The molecular formula is C31H25N5O5. The highest BCUT2D eigenvalue weighted by Gasteiger charge is 2.35. The zero-order valence-corrected chi connectivity index (χ0v) is 22.1. The van der Waals surface area contributed by atoms with Crippen molar-refractivity contribution in [3.63, 3.8) is 0 Å². The third-order valence-corrected chi connectivity index (χ3v) is 6.61. The molecular weight excluding hydrogens is 522 g/mol. The normalized spacial score (nSPS) is 14.5. The van der Waals surface area contributed by atoms with Crippen LogP contribution in [-0.4, -0.2) is 51.1 Å². The molecule has 10 heteroatoms. The van der Waals surface area contributed by atoms with E-state index < -0.39 is 24.5 Å². The van der Waals surface area contributed by atoms with E-state index in [9.17, 15) is 9.59 Å². The maximum atomic E-state index is 13.3. The Balaban J connectivity index is 1.22. The number of ether oxygens (including phenoxy) is 2. The SMILES string of the molecule is COc1ccc(C2=NN(C(=O)COC(=O)c3nc(-c4ccccc4)n(-c4ccccc4)n3)C(c3ccco3)C2)cc1. The zero-order valence-electron chi connectivity index (χ0n) is 22.1. The second kappa shape index (κ2) is 11.3. The van der Waals surface area contributed by atoms with Gasteiger partial charge in [0.15, 0.2) is 12.4 Å². The van der Waals surface area contributed by atoms with Gasteiger partial charge in [0.05, 0.1) is 24.8 Å². The van der Waals surface area contributed by atoms with E-state index in [0.29, 0.717) is 29.5 Å². The predicted octanol–water partition coefficient (Wildman–Crippen LogP) is 5.07. The molecule has 1 atom stereocenters. The van der Waals surface area contributed by atoms with Crippen LogP contribution in [0.5, 0.6) is 5.75 Å². The van der Waals surface area contributed by atoms with E-state index in [4.69, 9.17) is 13.9 Å². The van der Waals surface area contributed by atoms with Gasteiger partial charge in [-0.1, -0.05) is 48.5 Å². The summed E-state index contributed by atoms with van der Waals surface area (Å²) in [6.07, 6.45) is 1.98. The van der Waals surface area contributed by atoms with Crippen LogP contribution >= 0.6 is 0 Å². The van der Waals surface area contributed by atoms with Gasteiger partial charge in [-0.2, -0.15) is 5.10 Å². The molecule has 0 saturated heterocycles. The first-order valence-corrected chi connectivity index (χ1v) is 12.9. The fourth-order valence-corrected chi connectivity index (χ4v) is 4.58. The van der Waals surface area contributed by atoms with Crippen molar-refractivity contribution in [1.82, 2.24) is 19.8 Å². The maximum absolute atomic E-state index is 13.3. The topological polar surface area (TPSA) is 112 Å². The third-order valence-electron chi connectivity index (χ3n) is 6.61. The summed E-state index contributed by atoms with van der Waals surface area (Å²) in [5.74, 6) is 0.279. The number of nitrogens with zero attached hydrogens (tertiary/aromatic N) is 5. The summed E-state index contributed by atoms with van der Waals surface area (Å²) in [5.41, 5.74) is 3.05. The standard InChI is InChI=1S/C31H25N5O5/c1-39-24-16-14-21(15-17-24)25-19-26(27-13-8-18-40-27)36(33-25)28(37)20-41-31(38)29-32-30(22-9-4-2-5-10-22)35(34-29)23-11-6-3-7-12-23/h2-18,26H,19-20H2,1H3. The van der Waals surface area contributed by atoms with E-state index in [1.54, 1.807) is 30.2 Å². The molecule has 0 N–H and O–H groups in total. The molecule has 0 spiro atoms. The van der Waals surface area contributed by atoms with E-state index >= 15 is 0 Å². The number of furan rings is 1. The van der Waals surface area contributed by atoms with Crippen LogP contribution in [0.2, 0.25) is 0 Å². The van der Waals surface area contributed by atoms with Crippen molar-refractivity contribution in [2.24, 2.45) is 5.10 Å². The van der Waals surface area contributed by atoms with Crippen LogP contribution in [-0.2, 0) is 9.53 Å². The molecule has 1 unspecified atom stereocenters. The highest BCUT2D eigenvalue weighted by atomic mass is 16.5. The summed E-state index contributed by atoms with van der Waals surface area (Å²) < 4.78 is 17.8. The lowest BCUT2D eigenvalue weighted by molar-refractivity contribution is -0.136. The molecule has 2 aromatic heterocycles. The molecule has 1 aliphatic rings. The third kappa shape index (κ3) is 5.35. The number of methoxy groups -OCH3 is 1. The summed E-state index contributed by atoms with van der Waals surface area (Å²) in [4.78, 5) is 30.8. The second-order valence-electron chi connectivity index (χ2n) is 9.20. The van der Waals surface area contributed by atoms with Crippen LogP contribution in [0.25, 0.3) is 17.1 Å². The number of esters is 1. The van der Waals surface area contributed by atoms with Crippen molar-refractivity contribution in [1.29, 1.82) is 0 Å². The van der Waals surface area contributed by atoms with E-state index in [2.05, 4.69) is 15.2 Å². The molecule has 0 aliphatic carbocycles. The molecule has 1 amide bonds. The average molecular weight is 548 g/mol. The van der Waals surface area contributed by atoms with E-state index in [0.717, 1.165) is 16.8 Å². The van der Waals surface area contributed by atoms with Crippen molar-refractivity contribution in [3.8, 4) is 22.8 Å². The fraction of sp³-hybridized carbons (Fsp3) is 0.129. The van der Waals surface area contributed by atoms with Crippen LogP contribution in [0, 0.1) is 0 Å². The Labute approximate surface area is 235 Å². The minimum Gasteiger partial charge on any atom is -0.497 e. The fourth-order valence-electron chi connectivity index (χ4n) is 4.58. The maximum Gasteiger partial charge on any atom is 0.378 e. The van der Waals surface area contributed by atoms with Crippen molar-refractivity contribution in [3.05, 3.63) is 120 Å². The molecule has 0 bridgehead atoms. The van der Waals surface area contributed by atoms with Gasteiger partial charge in [-0.3, -0.25) is 4.79 Å². The van der Waals surface area contributed by atoms with Crippen LogP contribution in [0.1, 0.15) is 34.4 Å². The van der Waals surface area contributed by atoms with Gasteiger partial charge in [0, 0.05) is 12.0 Å². The lowest BCUT2D eigenvalue weighted by Gasteiger charge is -2.19. The quantitative estimate of drug-likeness (QED) is 0.249. The number of rotatable bonds is 8. The van der Waals surface area contributed by atoms with Gasteiger partial charge < -0.3 is 13.9 Å². The van der Waals surface area contributed by atoms with Crippen molar-refractivity contribution in [2.45, 2.75) is 12.5 Å². The molecule has 10 nitrogen and oxygen atoms in total. The highest BCUT2D eigenvalue weighted by Crippen LogP contribution is 2.33. The molecule has 0 radical (unpaired) electrons. The lowest BCUT2D eigenvalue weighted by atomic mass is 10.0. The van der Waals surface area contributed by atoms with Gasteiger partial charge in [0.2, 0.25) is 0 Å². The van der Waals surface area contributed by atoms with E-state index in [1.165, 1.54) is 5.01 Å². The number of aromatic nitrogens is 3. The van der Waals surface area contributed by atoms with Gasteiger partial charge in [0.25, 0.3) is 11.7 Å². The number of carbonyl (C=O) groups excluding carboxylic acids is 2. The summed E-state index contributed by atoms with van der Waals surface area (Å²) in [6.45, 7) is -0.546. The Hall–Kier alpha value is -5.51. The lowest BCUT2D eigenvalue weighted by Crippen LogP contribution is -2.31. The Bertz CT molecular complexity index is 1620. The van der Waals surface area contributed by atoms with Gasteiger partial charge >= 0.3 is 5.97 Å². The monoisotopic (exact) mass is 547 g/mol. The average Bonchev–Trinajstić information content (AvgIpc) is 3.81. The van der Waals surface area contributed by atoms with Gasteiger partial charge in [0.1, 0.15) is 17.6 Å². The molecule has 6 rings (SSSR count). The van der Waals surface area contributed by atoms with Crippen LogP contribution in [0.15, 0.2) is 113 Å². The number of para-hydroxylation sites is 1. The summed E-state index contributed by atoms with van der Waals surface area (Å²) in [5, 5.41) is 10.3. The molecule has 3 aromatic carbocycles. The first-order valence-electron chi connectivity index (χ1n) is 12.9. The predicted molar refractivity (Wildman–Crippen MR) is 150 cm³/mol. The van der Waals surface area contributed by atoms with Gasteiger partial charge in [-0.15, -0.1) is 5.10 Å². The Morgan fingerprint density at radius 2 is 1.63 bits per heavy atom. The molecule has 204 valence electrons. The summed E-state index contributed by atoms with van der Waals surface area (Å²) >= 11 is 0. The van der Waals surface area contributed by atoms with Gasteiger partial charge in [-0.25, -0.2) is 19.5 Å². The number of hydrogen-bond donors (Lipinski definition) is 0. The largest absolute Gasteiger partial charge is 0.497 e. The van der Waals surface area contributed by atoms with Crippen LogP contribution in [0.3, 0.4) is 0 Å². The Kier molecular flexibility index (Phi) is 7.10. The minimum absolute atomic E-state index is 0.160. The first kappa shape index (κ1) is 25.8. The van der Waals surface area contributed by atoms with Crippen molar-refractivity contribution < 1.29 is 23.5 Å². The first-order chi connectivity index (χ1) is 20.1. The summed E-state index contributed by atoms with van der Waals surface area (Å²) in [7, 11) is 1.60. The smallest absolute Gasteiger partial charge is 0.378 e. The summed E-state index contributed by atoms with van der Waals surface area (Å²) in [6, 6.07) is 29.2. The number of hydrogen-bond acceptors (Lipinski definition) is 8. The van der Waals surface area contributed by atoms with Gasteiger partial charge in [-0.05, 0) is 54.1 Å². The van der Waals surface area contributed by atoms with Crippen LogP contribution < -0.4 is 4.74 Å². The van der Waals surface area contributed by atoms with E-state index in [1.807, 2.05) is 84.9 Å². The van der Waals surface area contributed by atoms with Crippen molar-refractivity contribution in [2.75, 3.05) is 13.7 Å². The van der Waals surface area contributed by atoms with Crippen LogP contribution in [0.4, 0.5) is 0 Å². The highest BCUT2D eigenvalue weighted by molar-refractivity contribution is 6.03. The Morgan fingerprint density at radius 1 is 0.902 bits per heavy atom. The molecule has 41 heavy (non-hydrogen) atoms.